The smallest absolute Gasteiger partial charge is 0.387 e. The Labute approximate surface area is 137 Å². The summed E-state index contributed by atoms with van der Waals surface area (Å²) >= 11 is 0. The summed E-state index contributed by atoms with van der Waals surface area (Å²) < 4.78 is 29.8. The molecule has 5 heteroatoms. The molecule has 0 saturated carbocycles. The van der Waals surface area contributed by atoms with Crippen LogP contribution in [0.1, 0.15) is 31.7 Å². The van der Waals surface area contributed by atoms with Crippen molar-refractivity contribution in [3.8, 4) is 5.75 Å². The monoisotopic (exact) mass is 324 g/mol. The number of hydrogen-bond donors (Lipinski definition) is 0. The van der Waals surface area contributed by atoms with E-state index in [9.17, 15) is 8.78 Å². The van der Waals surface area contributed by atoms with Gasteiger partial charge in [0.05, 0.1) is 0 Å². The van der Waals surface area contributed by atoms with Gasteiger partial charge < -0.3 is 4.74 Å². The number of benzene rings is 1. The van der Waals surface area contributed by atoms with Crippen molar-refractivity contribution in [2.75, 3.05) is 26.2 Å². The molecule has 4 rings (SSSR count). The van der Waals surface area contributed by atoms with E-state index >= 15 is 0 Å². The molecule has 0 spiro atoms. The van der Waals surface area contributed by atoms with Gasteiger partial charge in [-0.2, -0.15) is 8.78 Å². The Morgan fingerprint density at radius 1 is 1.17 bits per heavy atom. The van der Waals surface area contributed by atoms with E-state index in [0.717, 1.165) is 18.7 Å². The van der Waals surface area contributed by atoms with Crippen LogP contribution >= 0.6 is 0 Å². The van der Waals surface area contributed by atoms with Crippen LogP contribution in [0.15, 0.2) is 24.3 Å². The molecule has 23 heavy (non-hydrogen) atoms. The molecule has 0 amide bonds. The van der Waals surface area contributed by atoms with Gasteiger partial charge in [-0.25, -0.2) is 0 Å². The fraction of sp³-hybridized carbons (Fsp3) is 0.667. The Morgan fingerprint density at radius 3 is 2.78 bits per heavy atom. The maximum Gasteiger partial charge on any atom is 0.387 e. The summed E-state index contributed by atoms with van der Waals surface area (Å²) in [7, 11) is 0. The van der Waals surface area contributed by atoms with E-state index < -0.39 is 6.61 Å². The Morgan fingerprint density at radius 2 is 2.00 bits per heavy atom. The van der Waals surface area contributed by atoms with Crippen LogP contribution in [0.4, 0.5) is 8.78 Å². The summed E-state index contributed by atoms with van der Waals surface area (Å²) in [6.07, 6.45) is 3.74. The van der Waals surface area contributed by atoms with Gasteiger partial charge in [-0.15, -0.1) is 0 Å². The van der Waals surface area contributed by atoms with Crippen LogP contribution in [0.5, 0.6) is 5.75 Å². The fourth-order valence-corrected chi connectivity index (χ4v) is 4.05. The lowest BCUT2D eigenvalue weighted by atomic mass is 9.95. The van der Waals surface area contributed by atoms with E-state index in [2.05, 4.69) is 21.5 Å². The van der Waals surface area contributed by atoms with E-state index in [1.54, 1.807) is 12.1 Å². The molecule has 128 valence electrons. The quantitative estimate of drug-likeness (QED) is 0.795. The first-order valence-electron chi connectivity index (χ1n) is 8.64. The summed E-state index contributed by atoms with van der Waals surface area (Å²) in [5, 5.41) is 0. The minimum absolute atomic E-state index is 0.310. The molecule has 3 fully saturated rings. The van der Waals surface area contributed by atoms with Gasteiger partial charge in [0.15, 0.2) is 0 Å². The van der Waals surface area contributed by atoms with Crippen molar-refractivity contribution in [2.45, 2.75) is 45.4 Å². The van der Waals surface area contributed by atoms with Crippen molar-refractivity contribution in [3.05, 3.63) is 29.8 Å². The number of para-hydroxylation sites is 1. The Balaban J connectivity index is 1.69. The van der Waals surface area contributed by atoms with Crippen molar-refractivity contribution >= 4 is 0 Å². The molecule has 2 atom stereocenters. The van der Waals surface area contributed by atoms with Crippen LogP contribution in [0.25, 0.3) is 0 Å². The van der Waals surface area contributed by atoms with Gasteiger partial charge in [-0.1, -0.05) is 25.1 Å². The first kappa shape index (κ1) is 16.7. The van der Waals surface area contributed by atoms with Crippen molar-refractivity contribution in [2.24, 2.45) is 5.92 Å². The lowest BCUT2D eigenvalue weighted by molar-refractivity contribution is -0.0508. The highest BCUT2D eigenvalue weighted by Gasteiger charge is 2.34. The Kier molecular flexibility index (Phi) is 5.49. The molecular formula is C18H26F2N2O. The average Bonchev–Trinajstić information content (AvgIpc) is 2.80. The predicted octanol–water partition coefficient (Wildman–Crippen LogP) is 3.59. The van der Waals surface area contributed by atoms with Crippen molar-refractivity contribution in [1.29, 1.82) is 0 Å². The van der Waals surface area contributed by atoms with Gasteiger partial charge in [-0.05, 0) is 37.8 Å². The lowest BCUT2D eigenvalue weighted by Crippen LogP contribution is -2.44. The Bertz CT molecular complexity index is 512. The second-order valence-corrected chi connectivity index (χ2v) is 6.77. The third-order valence-corrected chi connectivity index (χ3v) is 5.00. The molecule has 2 bridgehead atoms. The fourth-order valence-electron chi connectivity index (χ4n) is 4.05. The molecule has 0 aromatic heterocycles. The van der Waals surface area contributed by atoms with Gasteiger partial charge in [0.25, 0.3) is 0 Å². The molecule has 3 heterocycles. The first-order valence-corrected chi connectivity index (χ1v) is 8.64. The molecular weight excluding hydrogens is 298 g/mol. The molecule has 0 unspecified atom stereocenters. The number of ether oxygens (including phenoxy) is 1. The maximum absolute atomic E-state index is 12.6. The highest BCUT2D eigenvalue weighted by molar-refractivity contribution is 5.33. The van der Waals surface area contributed by atoms with Gasteiger partial charge in [0.1, 0.15) is 5.75 Å². The summed E-state index contributed by atoms with van der Waals surface area (Å²) in [4.78, 5) is 5.04. The van der Waals surface area contributed by atoms with Crippen LogP contribution in [0.2, 0.25) is 0 Å². The van der Waals surface area contributed by atoms with Crippen LogP contribution in [0.3, 0.4) is 0 Å². The van der Waals surface area contributed by atoms with Gasteiger partial charge in [0.2, 0.25) is 0 Å². The highest BCUT2D eigenvalue weighted by Crippen LogP contribution is 2.30. The second-order valence-electron chi connectivity index (χ2n) is 6.77. The van der Waals surface area contributed by atoms with E-state index in [4.69, 9.17) is 0 Å². The molecule has 1 aromatic carbocycles. The standard InChI is InChI=1S/C18H26F2N2O/c1-2-9-22-11-14-7-8-16(22)13-21(10-14)12-15-5-3-4-6-17(15)23-18(19)20/h3-6,14,16,18H,2,7-13H2,1H3/t14-,16+/m0/s1. The van der Waals surface area contributed by atoms with Crippen LogP contribution in [-0.2, 0) is 6.54 Å². The molecule has 1 aromatic rings. The molecule has 3 saturated heterocycles. The number of piperidine rings is 1. The lowest BCUT2D eigenvalue weighted by Gasteiger charge is -2.35. The Hall–Kier alpha value is -1.20. The first-order chi connectivity index (χ1) is 11.2. The number of halogens is 2. The van der Waals surface area contributed by atoms with Crippen LogP contribution in [0, 0.1) is 5.92 Å². The number of fused-ring (bicyclic) bond motifs is 4. The number of rotatable bonds is 6. The van der Waals surface area contributed by atoms with E-state index in [0.29, 0.717) is 24.3 Å². The molecule has 3 nitrogen and oxygen atoms in total. The largest absolute Gasteiger partial charge is 0.434 e. The molecule has 3 aliphatic rings. The van der Waals surface area contributed by atoms with Crippen molar-refractivity contribution in [1.82, 2.24) is 9.80 Å². The maximum atomic E-state index is 12.6. The summed E-state index contributed by atoms with van der Waals surface area (Å²) in [6.45, 7) is 4.59. The van der Waals surface area contributed by atoms with E-state index in [-0.39, 0.29) is 0 Å². The number of alkyl halides is 2. The zero-order valence-corrected chi connectivity index (χ0v) is 13.8. The normalized spacial score (nSPS) is 25.7. The van der Waals surface area contributed by atoms with Gasteiger partial charge >= 0.3 is 6.61 Å². The second kappa shape index (κ2) is 7.58. The zero-order valence-electron chi connectivity index (χ0n) is 13.8. The average molecular weight is 324 g/mol. The molecule has 0 radical (unpaired) electrons. The minimum atomic E-state index is -2.77. The summed E-state index contributed by atoms with van der Waals surface area (Å²) in [5.41, 5.74) is 0.858. The minimum Gasteiger partial charge on any atom is -0.434 e. The SMILES string of the molecule is CCCN1C[C@H]2CC[C@@H]1CN(Cc1ccccc1OC(F)F)C2. The zero-order chi connectivity index (χ0) is 16.2. The summed E-state index contributed by atoms with van der Waals surface area (Å²) in [6, 6.07) is 7.78. The highest BCUT2D eigenvalue weighted by atomic mass is 19.3. The molecule has 0 aliphatic carbocycles. The summed E-state index contributed by atoms with van der Waals surface area (Å²) in [5.74, 6) is 1.01. The molecule has 0 N–H and O–H groups in total. The van der Waals surface area contributed by atoms with Crippen molar-refractivity contribution in [3.63, 3.8) is 0 Å². The van der Waals surface area contributed by atoms with E-state index in [1.807, 2.05) is 12.1 Å². The van der Waals surface area contributed by atoms with Crippen molar-refractivity contribution < 1.29 is 13.5 Å². The molecule has 3 aliphatic heterocycles. The third kappa shape index (κ3) is 4.21. The van der Waals surface area contributed by atoms with Gasteiger partial charge in [-0.3, -0.25) is 9.80 Å². The van der Waals surface area contributed by atoms with Crippen LogP contribution in [-0.4, -0.2) is 48.6 Å². The number of nitrogens with zero attached hydrogens (tertiary/aromatic N) is 2. The van der Waals surface area contributed by atoms with Gasteiger partial charge in [0, 0.05) is 37.8 Å². The van der Waals surface area contributed by atoms with E-state index in [1.165, 1.54) is 32.4 Å². The number of hydrogen-bond acceptors (Lipinski definition) is 3. The van der Waals surface area contributed by atoms with Crippen LogP contribution < -0.4 is 4.74 Å². The topological polar surface area (TPSA) is 15.7 Å². The third-order valence-electron chi connectivity index (χ3n) is 5.00. The predicted molar refractivity (Wildman–Crippen MR) is 86.7 cm³/mol.